The van der Waals surface area contributed by atoms with Crippen molar-refractivity contribution in [3.8, 4) is 0 Å². The van der Waals surface area contributed by atoms with Gasteiger partial charge in [-0.1, -0.05) is 36.2 Å². The van der Waals surface area contributed by atoms with Crippen molar-refractivity contribution in [1.82, 2.24) is 25.4 Å². The van der Waals surface area contributed by atoms with E-state index in [1.807, 2.05) is 17.7 Å². The van der Waals surface area contributed by atoms with Crippen LogP contribution in [0.3, 0.4) is 0 Å². The largest absolute Gasteiger partial charge is 0.360 e. The molecule has 0 saturated heterocycles. The zero-order valence-electron chi connectivity index (χ0n) is 10.9. The molecule has 0 atom stereocenters. The standard InChI is InChI=1S/C12H17N5OS/c1-9-7-11(18-14-9)8-19-12-13-15-16-17(12)10-5-3-2-4-6-10/h7,10H,2-6,8H2,1H3. The molecule has 0 unspecified atom stereocenters. The predicted molar refractivity (Wildman–Crippen MR) is 70.7 cm³/mol. The lowest BCUT2D eigenvalue weighted by molar-refractivity contribution is 0.307. The lowest BCUT2D eigenvalue weighted by Gasteiger charge is -2.21. The monoisotopic (exact) mass is 279 g/mol. The highest BCUT2D eigenvalue weighted by Crippen LogP contribution is 2.31. The SMILES string of the molecule is Cc1cc(CSc2nnnn2C2CCCCC2)on1. The van der Waals surface area contributed by atoms with E-state index >= 15 is 0 Å². The van der Waals surface area contributed by atoms with E-state index < -0.39 is 0 Å². The van der Waals surface area contributed by atoms with Gasteiger partial charge in [-0.3, -0.25) is 0 Å². The molecule has 0 spiro atoms. The number of aryl methyl sites for hydroxylation is 1. The van der Waals surface area contributed by atoms with Crippen LogP contribution in [0.25, 0.3) is 0 Å². The maximum atomic E-state index is 5.20. The van der Waals surface area contributed by atoms with Crippen LogP contribution in [-0.4, -0.2) is 25.4 Å². The van der Waals surface area contributed by atoms with Gasteiger partial charge >= 0.3 is 0 Å². The molecule has 2 aromatic heterocycles. The third-order valence-electron chi connectivity index (χ3n) is 3.40. The summed E-state index contributed by atoms with van der Waals surface area (Å²) >= 11 is 1.61. The molecule has 0 radical (unpaired) electrons. The Morgan fingerprint density at radius 1 is 1.37 bits per heavy atom. The predicted octanol–water partition coefficient (Wildman–Crippen LogP) is 2.77. The molecule has 1 aliphatic carbocycles. The Bertz CT molecular complexity index is 532. The van der Waals surface area contributed by atoms with Gasteiger partial charge in [-0.15, -0.1) is 5.10 Å². The fourth-order valence-corrected chi connectivity index (χ4v) is 3.27. The Morgan fingerprint density at radius 2 is 2.21 bits per heavy atom. The number of thioether (sulfide) groups is 1. The Hall–Kier alpha value is -1.37. The number of tetrazole rings is 1. The summed E-state index contributed by atoms with van der Waals surface area (Å²) in [5, 5.41) is 16.8. The first kappa shape index (κ1) is 12.7. The highest BCUT2D eigenvalue weighted by atomic mass is 32.2. The maximum Gasteiger partial charge on any atom is 0.210 e. The van der Waals surface area contributed by atoms with Crippen LogP contribution in [0, 0.1) is 6.92 Å². The van der Waals surface area contributed by atoms with Crippen molar-refractivity contribution >= 4 is 11.8 Å². The minimum atomic E-state index is 0.461. The summed E-state index contributed by atoms with van der Waals surface area (Å²) < 4.78 is 7.18. The van der Waals surface area contributed by atoms with Crippen molar-refractivity contribution in [2.45, 2.75) is 56.0 Å². The maximum absolute atomic E-state index is 5.20. The quantitative estimate of drug-likeness (QED) is 0.801. The molecule has 0 aromatic carbocycles. The van der Waals surface area contributed by atoms with Gasteiger partial charge in [0.25, 0.3) is 0 Å². The Labute approximate surface area is 115 Å². The van der Waals surface area contributed by atoms with Gasteiger partial charge in [-0.05, 0) is 30.2 Å². The molecule has 3 rings (SSSR count). The molecule has 1 saturated carbocycles. The number of aromatic nitrogens is 5. The van der Waals surface area contributed by atoms with Crippen LogP contribution >= 0.6 is 11.8 Å². The number of hydrogen-bond donors (Lipinski definition) is 0. The molecule has 2 aromatic rings. The molecule has 0 amide bonds. The average molecular weight is 279 g/mol. The van der Waals surface area contributed by atoms with Crippen LogP contribution in [-0.2, 0) is 5.75 Å². The fraction of sp³-hybridized carbons (Fsp3) is 0.667. The van der Waals surface area contributed by atoms with Crippen molar-refractivity contribution in [2.24, 2.45) is 0 Å². The molecule has 0 aliphatic heterocycles. The van der Waals surface area contributed by atoms with Crippen LogP contribution in [0.1, 0.15) is 49.6 Å². The highest BCUT2D eigenvalue weighted by Gasteiger charge is 2.20. The van der Waals surface area contributed by atoms with E-state index in [0.29, 0.717) is 11.8 Å². The second-order valence-corrected chi connectivity index (χ2v) is 5.86. The Kier molecular flexibility index (Phi) is 3.82. The van der Waals surface area contributed by atoms with Crippen LogP contribution in [0.2, 0.25) is 0 Å². The zero-order valence-corrected chi connectivity index (χ0v) is 11.8. The highest BCUT2D eigenvalue weighted by molar-refractivity contribution is 7.98. The van der Waals surface area contributed by atoms with Gasteiger partial charge in [0.05, 0.1) is 17.5 Å². The first-order valence-corrected chi connectivity index (χ1v) is 7.64. The van der Waals surface area contributed by atoms with Crippen molar-refractivity contribution in [3.63, 3.8) is 0 Å². The van der Waals surface area contributed by atoms with Crippen LogP contribution in [0.15, 0.2) is 15.7 Å². The summed E-state index contributed by atoms with van der Waals surface area (Å²) in [6.07, 6.45) is 6.24. The third-order valence-corrected chi connectivity index (χ3v) is 4.36. The second-order valence-electron chi connectivity index (χ2n) is 4.92. The van der Waals surface area contributed by atoms with Crippen molar-refractivity contribution in [3.05, 3.63) is 17.5 Å². The van der Waals surface area contributed by atoms with E-state index in [2.05, 4.69) is 20.7 Å². The summed E-state index contributed by atoms with van der Waals surface area (Å²) in [6.45, 7) is 1.92. The molecule has 6 nitrogen and oxygen atoms in total. The normalized spacial score (nSPS) is 16.9. The molecular weight excluding hydrogens is 262 g/mol. The topological polar surface area (TPSA) is 69.6 Å². The van der Waals surface area contributed by atoms with Crippen LogP contribution < -0.4 is 0 Å². The molecule has 1 aliphatic rings. The summed E-state index contributed by atoms with van der Waals surface area (Å²) in [5.74, 6) is 1.58. The van der Waals surface area contributed by atoms with Crippen molar-refractivity contribution < 1.29 is 4.52 Å². The number of rotatable bonds is 4. The molecular formula is C12H17N5OS. The molecule has 0 N–H and O–H groups in total. The molecule has 1 fully saturated rings. The summed E-state index contributed by atoms with van der Waals surface area (Å²) in [4.78, 5) is 0. The fourth-order valence-electron chi connectivity index (χ4n) is 2.46. The lowest BCUT2D eigenvalue weighted by atomic mass is 9.96. The van der Waals surface area contributed by atoms with Crippen molar-refractivity contribution in [2.75, 3.05) is 0 Å². The molecule has 19 heavy (non-hydrogen) atoms. The average Bonchev–Trinajstić information content (AvgIpc) is 3.06. The zero-order chi connectivity index (χ0) is 13.1. The Balaban J connectivity index is 1.66. The van der Waals surface area contributed by atoms with E-state index in [4.69, 9.17) is 4.52 Å². The Morgan fingerprint density at radius 3 is 2.95 bits per heavy atom. The summed E-state index contributed by atoms with van der Waals surface area (Å²) in [7, 11) is 0. The van der Waals surface area contributed by atoms with Gasteiger partial charge in [0.15, 0.2) is 0 Å². The number of nitrogens with zero attached hydrogens (tertiary/aromatic N) is 5. The first-order valence-electron chi connectivity index (χ1n) is 6.66. The minimum Gasteiger partial charge on any atom is -0.360 e. The molecule has 2 heterocycles. The summed E-state index contributed by atoms with van der Waals surface area (Å²) in [6, 6.07) is 2.41. The van der Waals surface area contributed by atoms with Gasteiger partial charge in [0, 0.05) is 6.07 Å². The minimum absolute atomic E-state index is 0.461. The number of hydrogen-bond acceptors (Lipinski definition) is 6. The van der Waals surface area contributed by atoms with Crippen LogP contribution in [0.4, 0.5) is 0 Å². The van der Waals surface area contributed by atoms with E-state index in [1.54, 1.807) is 11.8 Å². The third kappa shape index (κ3) is 2.97. The van der Waals surface area contributed by atoms with Crippen molar-refractivity contribution in [1.29, 1.82) is 0 Å². The van der Waals surface area contributed by atoms with E-state index in [1.165, 1.54) is 32.1 Å². The second kappa shape index (κ2) is 5.73. The van der Waals surface area contributed by atoms with Gasteiger partial charge in [-0.25, -0.2) is 4.68 Å². The van der Waals surface area contributed by atoms with Crippen LogP contribution in [0.5, 0.6) is 0 Å². The van der Waals surface area contributed by atoms with Gasteiger partial charge in [-0.2, -0.15) is 0 Å². The van der Waals surface area contributed by atoms with Gasteiger partial charge in [0.1, 0.15) is 5.76 Å². The molecule has 7 heteroatoms. The van der Waals surface area contributed by atoms with Gasteiger partial charge < -0.3 is 4.52 Å². The van der Waals surface area contributed by atoms with Gasteiger partial charge in [0.2, 0.25) is 5.16 Å². The summed E-state index contributed by atoms with van der Waals surface area (Å²) in [5.41, 5.74) is 0.905. The molecule has 0 bridgehead atoms. The van der Waals surface area contributed by atoms with E-state index in [0.717, 1.165) is 16.6 Å². The first-order chi connectivity index (χ1) is 9.33. The smallest absolute Gasteiger partial charge is 0.210 e. The van der Waals surface area contributed by atoms with E-state index in [9.17, 15) is 0 Å². The van der Waals surface area contributed by atoms with E-state index in [-0.39, 0.29) is 0 Å². The molecule has 102 valence electrons. The lowest BCUT2D eigenvalue weighted by Crippen LogP contribution is -2.15.